The smallest absolute Gasteiger partial charge is 0.236 e. The SMILES string of the molecule is C=CB(c1ccccc1)c1ccccc1N1CCN(C(C)C)C1. The number of hydrogen-bond donors (Lipinski definition) is 0. The van der Waals surface area contributed by atoms with Gasteiger partial charge in [-0.2, -0.15) is 0 Å². The van der Waals surface area contributed by atoms with Crippen molar-refractivity contribution in [2.24, 2.45) is 0 Å². The van der Waals surface area contributed by atoms with Crippen LogP contribution in [0.2, 0.25) is 0 Å². The molecule has 0 bridgehead atoms. The largest absolute Gasteiger partial charge is 0.358 e. The lowest BCUT2D eigenvalue weighted by Crippen LogP contribution is -2.44. The molecule has 1 saturated heterocycles. The van der Waals surface area contributed by atoms with Crippen LogP contribution in [0.4, 0.5) is 5.69 Å². The quantitative estimate of drug-likeness (QED) is 0.783. The minimum atomic E-state index is 0.237. The normalized spacial score (nSPS) is 15.2. The van der Waals surface area contributed by atoms with Crippen molar-refractivity contribution in [3.63, 3.8) is 0 Å². The predicted molar refractivity (Wildman–Crippen MR) is 102 cm³/mol. The zero-order valence-corrected chi connectivity index (χ0v) is 14.2. The fraction of sp³-hybridized carbons (Fsp3) is 0.300. The number of nitrogens with zero attached hydrogens (tertiary/aromatic N) is 2. The molecule has 0 radical (unpaired) electrons. The van der Waals surface area contributed by atoms with Crippen LogP contribution < -0.4 is 15.8 Å². The Morgan fingerprint density at radius 1 is 1.00 bits per heavy atom. The monoisotopic (exact) mass is 304 g/mol. The van der Waals surface area contributed by atoms with Gasteiger partial charge in [-0.3, -0.25) is 4.90 Å². The molecule has 2 aromatic rings. The molecular weight excluding hydrogens is 279 g/mol. The molecule has 1 aliphatic heterocycles. The molecule has 1 fully saturated rings. The molecule has 0 aromatic heterocycles. The molecule has 118 valence electrons. The Morgan fingerprint density at radius 3 is 2.35 bits per heavy atom. The predicted octanol–water partition coefficient (Wildman–Crippen LogP) is 2.51. The Labute approximate surface area is 140 Å². The Kier molecular flexibility index (Phi) is 4.87. The van der Waals surface area contributed by atoms with Crippen molar-refractivity contribution in [1.82, 2.24) is 4.90 Å². The van der Waals surface area contributed by atoms with Crippen LogP contribution >= 0.6 is 0 Å². The first kappa shape index (κ1) is 15.9. The Hall–Kier alpha value is -2.00. The van der Waals surface area contributed by atoms with E-state index in [0.717, 1.165) is 19.8 Å². The summed E-state index contributed by atoms with van der Waals surface area (Å²) in [5, 5.41) is 0. The van der Waals surface area contributed by atoms with Gasteiger partial charge in [-0.25, -0.2) is 0 Å². The first-order valence-electron chi connectivity index (χ1n) is 8.46. The van der Waals surface area contributed by atoms with E-state index in [2.05, 4.69) is 90.8 Å². The highest BCUT2D eigenvalue weighted by molar-refractivity contribution is 6.90. The molecule has 2 aromatic carbocycles. The van der Waals surface area contributed by atoms with E-state index >= 15 is 0 Å². The molecule has 1 heterocycles. The number of para-hydroxylation sites is 1. The summed E-state index contributed by atoms with van der Waals surface area (Å²) in [5.41, 5.74) is 3.98. The third-order valence-electron chi connectivity index (χ3n) is 4.75. The minimum Gasteiger partial charge on any atom is -0.358 e. The van der Waals surface area contributed by atoms with E-state index in [1.54, 1.807) is 0 Å². The minimum absolute atomic E-state index is 0.237. The van der Waals surface area contributed by atoms with Gasteiger partial charge in [0.1, 0.15) is 0 Å². The lowest BCUT2D eigenvalue weighted by Gasteiger charge is -2.26. The summed E-state index contributed by atoms with van der Waals surface area (Å²) in [7, 11) is 0. The summed E-state index contributed by atoms with van der Waals surface area (Å²) in [6.07, 6.45) is 0. The first-order valence-corrected chi connectivity index (χ1v) is 8.46. The standard InChI is InChI=1S/C20H25BN2/c1-4-21(18-10-6-5-7-11-18)19-12-8-9-13-20(19)23-15-14-22(16-23)17(2)3/h4-13,17H,1,14-16H2,2-3H3. The lowest BCUT2D eigenvalue weighted by atomic mass is 9.40. The van der Waals surface area contributed by atoms with E-state index in [-0.39, 0.29) is 6.71 Å². The number of rotatable bonds is 5. The number of anilines is 1. The van der Waals surface area contributed by atoms with Gasteiger partial charge in [0.2, 0.25) is 6.71 Å². The Balaban J connectivity index is 1.93. The van der Waals surface area contributed by atoms with Crippen molar-refractivity contribution in [1.29, 1.82) is 0 Å². The van der Waals surface area contributed by atoms with Crippen molar-refractivity contribution in [3.05, 3.63) is 67.2 Å². The molecule has 0 N–H and O–H groups in total. The third-order valence-corrected chi connectivity index (χ3v) is 4.75. The highest BCUT2D eigenvalue weighted by Gasteiger charge is 2.26. The Bertz CT molecular complexity index is 654. The highest BCUT2D eigenvalue weighted by Crippen LogP contribution is 2.18. The van der Waals surface area contributed by atoms with Crippen molar-refractivity contribution in [2.45, 2.75) is 19.9 Å². The molecule has 0 unspecified atom stereocenters. The van der Waals surface area contributed by atoms with Crippen LogP contribution in [0.5, 0.6) is 0 Å². The third kappa shape index (κ3) is 3.35. The molecular formula is C20H25BN2. The summed E-state index contributed by atoms with van der Waals surface area (Å²) in [6.45, 7) is 12.1. The summed E-state index contributed by atoms with van der Waals surface area (Å²) < 4.78 is 0. The maximum Gasteiger partial charge on any atom is 0.236 e. The topological polar surface area (TPSA) is 6.48 Å². The van der Waals surface area contributed by atoms with Crippen LogP contribution in [0.15, 0.2) is 67.2 Å². The molecule has 23 heavy (non-hydrogen) atoms. The molecule has 0 atom stereocenters. The maximum atomic E-state index is 4.10. The molecule has 0 aliphatic carbocycles. The average molecular weight is 304 g/mol. The number of benzene rings is 2. The Morgan fingerprint density at radius 2 is 1.70 bits per heavy atom. The van der Waals surface area contributed by atoms with Gasteiger partial charge in [-0.15, -0.1) is 12.6 Å². The summed E-state index contributed by atoms with van der Waals surface area (Å²) in [4.78, 5) is 5.01. The van der Waals surface area contributed by atoms with Crippen LogP contribution in [0.3, 0.4) is 0 Å². The van der Waals surface area contributed by atoms with Crippen LogP contribution in [0, 0.1) is 0 Å². The first-order chi connectivity index (χ1) is 11.2. The molecule has 2 nitrogen and oxygen atoms in total. The zero-order chi connectivity index (χ0) is 16.2. The van der Waals surface area contributed by atoms with Crippen molar-refractivity contribution < 1.29 is 0 Å². The fourth-order valence-electron chi connectivity index (χ4n) is 3.37. The molecule has 0 spiro atoms. The van der Waals surface area contributed by atoms with Crippen LogP contribution in [0.1, 0.15) is 13.8 Å². The van der Waals surface area contributed by atoms with Gasteiger partial charge < -0.3 is 4.90 Å². The van der Waals surface area contributed by atoms with E-state index in [9.17, 15) is 0 Å². The van der Waals surface area contributed by atoms with Gasteiger partial charge in [0.05, 0.1) is 6.67 Å². The van der Waals surface area contributed by atoms with Gasteiger partial charge in [0, 0.05) is 24.8 Å². The molecule has 1 aliphatic rings. The van der Waals surface area contributed by atoms with Crippen LogP contribution in [-0.4, -0.2) is 37.4 Å². The second-order valence-corrected chi connectivity index (χ2v) is 6.49. The van der Waals surface area contributed by atoms with E-state index in [1.807, 2.05) is 0 Å². The average Bonchev–Trinajstić information content (AvgIpc) is 3.07. The molecule has 0 saturated carbocycles. The van der Waals surface area contributed by atoms with Crippen LogP contribution in [0.25, 0.3) is 0 Å². The van der Waals surface area contributed by atoms with Gasteiger partial charge >= 0.3 is 0 Å². The lowest BCUT2D eigenvalue weighted by molar-refractivity contribution is 0.278. The van der Waals surface area contributed by atoms with Gasteiger partial charge in [-0.05, 0) is 25.4 Å². The van der Waals surface area contributed by atoms with Gasteiger partial charge in [0.25, 0.3) is 0 Å². The van der Waals surface area contributed by atoms with E-state index < -0.39 is 0 Å². The van der Waals surface area contributed by atoms with Crippen molar-refractivity contribution >= 4 is 23.3 Å². The molecule has 3 rings (SSSR count). The molecule has 3 heteroatoms. The van der Waals surface area contributed by atoms with E-state index in [1.165, 1.54) is 16.6 Å². The van der Waals surface area contributed by atoms with Gasteiger partial charge in [-0.1, -0.05) is 54.0 Å². The zero-order valence-electron chi connectivity index (χ0n) is 14.2. The fourth-order valence-corrected chi connectivity index (χ4v) is 3.37. The van der Waals surface area contributed by atoms with E-state index in [4.69, 9.17) is 0 Å². The van der Waals surface area contributed by atoms with Gasteiger partial charge in [0.15, 0.2) is 0 Å². The summed E-state index contributed by atoms with van der Waals surface area (Å²) in [6, 6.07) is 20.0. The maximum absolute atomic E-state index is 4.10. The van der Waals surface area contributed by atoms with Crippen LogP contribution in [-0.2, 0) is 0 Å². The second kappa shape index (κ2) is 7.05. The summed E-state index contributed by atoms with van der Waals surface area (Å²) >= 11 is 0. The van der Waals surface area contributed by atoms with Crippen molar-refractivity contribution in [2.75, 3.05) is 24.7 Å². The second-order valence-electron chi connectivity index (χ2n) is 6.49. The van der Waals surface area contributed by atoms with E-state index in [0.29, 0.717) is 6.04 Å². The molecule has 0 amide bonds. The highest BCUT2D eigenvalue weighted by atomic mass is 15.4. The van der Waals surface area contributed by atoms with Crippen molar-refractivity contribution in [3.8, 4) is 0 Å². The number of hydrogen-bond acceptors (Lipinski definition) is 2. The summed E-state index contributed by atoms with van der Waals surface area (Å²) in [5.74, 6) is 2.06.